The van der Waals surface area contributed by atoms with E-state index in [4.69, 9.17) is 14.7 Å². The second-order valence-corrected chi connectivity index (χ2v) is 9.08. The molecule has 0 saturated heterocycles. The summed E-state index contributed by atoms with van der Waals surface area (Å²) in [5, 5.41) is 3.09. The van der Waals surface area contributed by atoms with Gasteiger partial charge in [-0.3, -0.25) is 15.3 Å². The molecule has 1 amide bonds. The quantitative estimate of drug-likeness (QED) is 0.748. The number of nitrogens with zero attached hydrogens (tertiary/aromatic N) is 3. The molecule has 5 rings (SSSR count). The molecule has 32 heavy (non-hydrogen) atoms. The molecule has 6 nitrogen and oxygen atoms in total. The van der Waals surface area contributed by atoms with E-state index in [-0.39, 0.29) is 6.61 Å². The number of hydrogen-bond acceptors (Lipinski definition) is 5. The summed E-state index contributed by atoms with van der Waals surface area (Å²) in [6.07, 6.45) is 5.80. The highest BCUT2D eigenvalue weighted by Crippen LogP contribution is 2.37. The summed E-state index contributed by atoms with van der Waals surface area (Å²) in [6, 6.07) is 18.1. The maximum atomic E-state index is 12.7. The first-order valence-corrected chi connectivity index (χ1v) is 11.6. The second kappa shape index (κ2) is 8.77. The van der Waals surface area contributed by atoms with Gasteiger partial charge in [0.25, 0.3) is 0 Å². The molecule has 166 valence electrons. The first-order chi connectivity index (χ1) is 15.6. The molecule has 3 aliphatic rings. The highest BCUT2D eigenvalue weighted by Gasteiger charge is 2.44. The van der Waals surface area contributed by atoms with Crippen molar-refractivity contribution in [2.45, 2.75) is 51.3 Å². The fraction of sp³-hybridized carbons (Fsp3) is 0.423. The van der Waals surface area contributed by atoms with Gasteiger partial charge in [-0.25, -0.2) is 4.79 Å². The first-order valence-electron chi connectivity index (χ1n) is 11.6. The lowest BCUT2D eigenvalue weighted by Crippen LogP contribution is -2.60. The Kier molecular flexibility index (Phi) is 5.68. The van der Waals surface area contributed by atoms with Crippen LogP contribution in [0.3, 0.4) is 0 Å². The van der Waals surface area contributed by atoms with Gasteiger partial charge in [-0.2, -0.15) is 0 Å². The van der Waals surface area contributed by atoms with E-state index >= 15 is 0 Å². The predicted molar refractivity (Wildman–Crippen MR) is 127 cm³/mol. The average Bonchev–Trinajstić information content (AvgIpc) is 3.04. The van der Waals surface area contributed by atoms with Crippen molar-refractivity contribution in [2.24, 2.45) is 15.9 Å². The lowest BCUT2D eigenvalue weighted by Gasteiger charge is -2.37. The number of para-hydroxylation sites is 1. The molecule has 2 aliphatic heterocycles. The van der Waals surface area contributed by atoms with E-state index in [1.165, 1.54) is 37.8 Å². The molecular formula is C26H30N4O2. The van der Waals surface area contributed by atoms with Crippen LogP contribution in [-0.2, 0) is 11.3 Å². The van der Waals surface area contributed by atoms with Crippen LogP contribution in [0.15, 0.2) is 64.6 Å². The van der Waals surface area contributed by atoms with Crippen LogP contribution in [0.4, 0.5) is 10.5 Å². The monoisotopic (exact) mass is 430 g/mol. The summed E-state index contributed by atoms with van der Waals surface area (Å²) >= 11 is 0. The molecule has 1 fully saturated rings. The Morgan fingerprint density at radius 2 is 1.81 bits per heavy atom. The highest BCUT2D eigenvalue weighted by molar-refractivity contribution is 6.15. The van der Waals surface area contributed by atoms with Crippen molar-refractivity contribution in [3.05, 3.63) is 65.7 Å². The third-order valence-corrected chi connectivity index (χ3v) is 6.71. The summed E-state index contributed by atoms with van der Waals surface area (Å²) < 4.78 is 5.51. The molecule has 0 bridgehead atoms. The molecule has 2 aromatic rings. The Balaban J connectivity index is 1.38. The molecule has 1 N–H and O–H groups in total. The Hall–Kier alpha value is -3.15. The molecule has 0 aromatic heterocycles. The van der Waals surface area contributed by atoms with Gasteiger partial charge >= 0.3 is 6.09 Å². The molecule has 2 heterocycles. The van der Waals surface area contributed by atoms with E-state index in [2.05, 4.69) is 28.4 Å². The zero-order valence-corrected chi connectivity index (χ0v) is 18.6. The molecule has 6 heteroatoms. The van der Waals surface area contributed by atoms with E-state index < -0.39 is 11.8 Å². The number of aliphatic imine (C=N–C) groups is 2. The van der Waals surface area contributed by atoms with Crippen LogP contribution in [0.5, 0.6) is 0 Å². The molecule has 1 atom stereocenters. The minimum absolute atomic E-state index is 0.238. The normalized spacial score (nSPS) is 22.8. The van der Waals surface area contributed by atoms with Gasteiger partial charge in [0.05, 0.1) is 18.8 Å². The Bertz CT molecular complexity index is 1040. The van der Waals surface area contributed by atoms with E-state index in [9.17, 15) is 4.79 Å². The lowest BCUT2D eigenvalue weighted by molar-refractivity contribution is 0.130. The number of rotatable bonds is 4. The van der Waals surface area contributed by atoms with Crippen LogP contribution in [-0.4, -0.2) is 36.4 Å². The zero-order chi connectivity index (χ0) is 22.0. The number of carbonyl (C=O) groups is 1. The summed E-state index contributed by atoms with van der Waals surface area (Å²) in [5.74, 6) is 1.40. The number of carbonyl (C=O) groups excluding carboxylic acids is 1. The second-order valence-electron chi connectivity index (χ2n) is 9.08. The topological polar surface area (TPSA) is 66.3 Å². The van der Waals surface area contributed by atoms with Crippen molar-refractivity contribution in [3.8, 4) is 0 Å². The summed E-state index contributed by atoms with van der Waals surface area (Å²) in [7, 11) is 0. The van der Waals surface area contributed by atoms with Gasteiger partial charge in [0.2, 0.25) is 0 Å². The number of anilines is 1. The maximum Gasteiger partial charge on any atom is 0.409 e. The largest absolute Gasteiger partial charge is 0.445 e. The zero-order valence-electron chi connectivity index (χ0n) is 18.6. The summed E-state index contributed by atoms with van der Waals surface area (Å²) in [6.45, 7) is 3.25. The molecule has 1 aliphatic carbocycles. The fourth-order valence-corrected chi connectivity index (χ4v) is 5.12. The average molecular weight is 431 g/mol. The minimum atomic E-state index is -0.698. The third kappa shape index (κ3) is 4.01. The van der Waals surface area contributed by atoms with Gasteiger partial charge in [-0.05, 0) is 31.4 Å². The van der Waals surface area contributed by atoms with Crippen LogP contribution in [0, 0.1) is 5.92 Å². The van der Waals surface area contributed by atoms with Gasteiger partial charge in [-0.15, -0.1) is 0 Å². The number of alkyl carbamates (subject to hydrolysis) is 1. The molecule has 1 saturated carbocycles. The summed E-state index contributed by atoms with van der Waals surface area (Å²) in [4.78, 5) is 24.7. The SMILES string of the molecule is CC1(NC(=O)OCc2ccccc2)CN=C2CN=C(C3CCCCC3)c3ccccc3N21. The third-order valence-electron chi connectivity index (χ3n) is 6.71. The van der Waals surface area contributed by atoms with Gasteiger partial charge in [0.15, 0.2) is 0 Å². The van der Waals surface area contributed by atoms with Crippen molar-refractivity contribution in [3.63, 3.8) is 0 Å². The molecular weight excluding hydrogens is 400 g/mol. The molecule has 2 aromatic carbocycles. The number of amidine groups is 1. The highest BCUT2D eigenvalue weighted by atomic mass is 16.5. The van der Waals surface area contributed by atoms with E-state index in [1.54, 1.807) is 0 Å². The van der Waals surface area contributed by atoms with Gasteiger partial charge in [0, 0.05) is 17.2 Å². The van der Waals surface area contributed by atoms with Crippen molar-refractivity contribution in [1.29, 1.82) is 0 Å². The number of hydrogen-bond donors (Lipinski definition) is 1. The molecule has 0 radical (unpaired) electrons. The standard InChI is InChI=1S/C26H30N4O2/c1-26(29-25(31)32-17-19-10-4-2-5-11-19)18-28-23-16-27-24(20-12-6-3-7-13-20)21-14-8-9-15-22(21)30(23)26/h2,4-5,8-11,14-15,20H,3,6-7,12-13,16-18H2,1H3,(H,29,31). The molecule has 1 unspecified atom stereocenters. The molecule has 0 spiro atoms. The smallest absolute Gasteiger partial charge is 0.409 e. The summed E-state index contributed by atoms with van der Waals surface area (Å²) in [5.41, 5.74) is 3.69. The number of amides is 1. The Morgan fingerprint density at radius 3 is 2.62 bits per heavy atom. The van der Waals surface area contributed by atoms with Crippen LogP contribution >= 0.6 is 0 Å². The number of fused-ring (bicyclic) bond motifs is 3. The van der Waals surface area contributed by atoms with Crippen molar-refractivity contribution >= 4 is 23.3 Å². The van der Waals surface area contributed by atoms with E-state index in [0.29, 0.717) is 19.0 Å². The number of benzene rings is 2. The Labute approximate surface area is 189 Å². The van der Waals surface area contributed by atoms with Crippen molar-refractivity contribution < 1.29 is 9.53 Å². The number of ether oxygens (including phenoxy) is 1. The van der Waals surface area contributed by atoms with Gasteiger partial charge < -0.3 is 9.64 Å². The van der Waals surface area contributed by atoms with E-state index in [1.807, 2.05) is 43.3 Å². The fourth-order valence-electron chi connectivity index (χ4n) is 5.12. The Morgan fingerprint density at radius 1 is 1.06 bits per heavy atom. The van der Waals surface area contributed by atoms with Gasteiger partial charge in [0.1, 0.15) is 18.1 Å². The minimum Gasteiger partial charge on any atom is -0.445 e. The van der Waals surface area contributed by atoms with Crippen molar-refractivity contribution in [2.75, 3.05) is 18.0 Å². The van der Waals surface area contributed by atoms with Crippen molar-refractivity contribution in [1.82, 2.24) is 5.32 Å². The maximum absolute atomic E-state index is 12.7. The predicted octanol–water partition coefficient (Wildman–Crippen LogP) is 4.93. The van der Waals surface area contributed by atoms with Crippen LogP contribution in [0.25, 0.3) is 0 Å². The van der Waals surface area contributed by atoms with Crippen LogP contribution < -0.4 is 10.2 Å². The number of nitrogens with one attached hydrogen (secondary N) is 1. The van der Waals surface area contributed by atoms with Crippen LogP contribution in [0.2, 0.25) is 0 Å². The lowest BCUT2D eigenvalue weighted by atomic mass is 9.82. The van der Waals surface area contributed by atoms with Crippen LogP contribution in [0.1, 0.15) is 50.2 Å². The van der Waals surface area contributed by atoms with E-state index in [0.717, 1.165) is 22.6 Å². The first kappa shape index (κ1) is 20.7. The van der Waals surface area contributed by atoms with Gasteiger partial charge in [-0.1, -0.05) is 67.8 Å².